The molecule has 1 aliphatic rings. The van der Waals surface area contributed by atoms with Crippen molar-refractivity contribution in [3.05, 3.63) is 90.5 Å². The molecular formula is C29H29O2S+. The van der Waals surface area contributed by atoms with E-state index in [1.807, 2.05) is 37.3 Å². The number of benzene rings is 3. The maximum Gasteiger partial charge on any atom is 0.339 e. The number of esters is 1. The number of hydrogen-bond donors (Lipinski definition) is 0. The highest BCUT2D eigenvalue weighted by atomic mass is 32.2. The molecule has 1 atom stereocenters. The van der Waals surface area contributed by atoms with Crippen molar-refractivity contribution < 1.29 is 9.53 Å². The number of hydrogen-bond acceptors (Lipinski definition) is 2. The zero-order valence-corrected chi connectivity index (χ0v) is 19.3. The minimum absolute atomic E-state index is 0.219. The first-order valence-electron chi connectivity index (χ1n) is 11.3. The van der Waals surface area contributed by atoms with E-state index in [4.69, 9.17) is 11.2 Å². The molecule has 2 nitrogen and oxygen atoms in total. The second-order valence-electron chi connectivity index (χ2n) is 8.44. The van der Waals surface area contributed by atoms with Crippen LogP contribution in [0.15, 0.2) is 99.6 Å². The van der Waals surface area contributed by atoms with Crippen LogP contribution in [0.5, 0.6) is 0 Å². The van der Waals surface area contributed by atoms with Crippen LogP contribution in [-0.4, -0.2) is 11.6 Å². The third-order valence-corrected chi connectivity index (χ3v) is 8.45. The highest BCUT2D eigenvalue weighted by Crippen LogP contribution is 2.36. The van der Waals surface area contributed by atoms with Gasteiger partial charge >= 0.3 is 5.97 Å². The molecule has 0 aliphatic heterocycles. The lowest BCUT2D eigenvalue weighted by Gasteiger charge is -2.35. The van der Waals surface area contributed by atoms with E-state index < -0.39 is 5.60 Å². The van der Waals surface area contributed by atoms with E-state index in [1.165, 1.54) is 16.2 Å². The van der Waals surface area contributed by atoms with Crippen LogP contribution in [0.25, 0.3) is 0 Å². The fourth-order valence-electron chi connectivity index (χ4n) is 4.41. The predicted molar refractivity (Wildman–Crippen MR) is 131 cm³/mol. The Bertz CT molecular complexity index is 1040. The van der Waals surface area contributed by atoms with Gasteiger partial charge in [-0.15, -0.1) is 6.42 Å². The van der Waals surface area contributed by atoms with Crippen LogP contribution in [0.3, 0.4) is 0 Å². The molecule has 0 heterocycles. The zero-order valence-electron chi connectivity index (χ0n) is 18.5. The van der Waals surface area contributed by atoms with E-state index in [0.717, 1.165) is 30.6 Å². The van der Waals surface area contributed by atoms with Crippen molar-refractivity contribution in [1.82, 2.24) is 0 Å². The predicted octanol–water partition coefficient (Wildman–Crippen LogP) is 6.91. The van der Waals surface area contributed by atoms with Gasteiger partial charge in [0, 0.05) is 12.0 Å². The maximum atomic E-state index is 13.2. The van der Waals surface area contributed by atoms with Gasteiger partial charge < -0.3 is 4.74 Å². The molecule has 0 radical (unpaired) electrons. The van der Waals surface area contributed by atoms with E-state index in [9.17, 15) is 4.79 Å². The summed E-state index contributed by atoms with van der Waals surface area (Å²) in [6, 6.07) is 28.6. The molecule has 3 aromatic carbocycles. The Labute approximate surface area is 194 Å². The van der Waals surface area contributed by atoms with Crippen molar-refractivity contribution in [2.45, 2.75) is 59.3 Å². The van der Waals surface area contributed by atoms with Gasteiger partial charge in [0.05, 0.1) is 16.5 Å². The number of terminal acetylenes is 1. The molecule has 0 bridgehead atoms. The molecule has 3 heteroatoms. The molecule has 1 aliphatic carbocycles. The first kappa shape index (κ1) is 22.2. The summed E-state index contributed by atoms with van der Waals surface area (Å²) in [7, 11) is -0.319. The van der Waals surface area contributed by atoms with Crippen molar-refractivity contribution in [3.63, 3.8) is 0 Å². The van der Waals surface area contributed by atoms with E-state index in [-0.39, 0.29) is 22.8 Å². The van der Waals surface area contributed by atoms with Gasteiger partial charge in [0.2, 0.25) is 0 Å². The molecule has 0 saturated heterocycles. The summed E-state index contributed by atoms with van der Waals surface area (Å²) in [6.45, 7) is 1.89. The molecule has 0 spiro atoms. The normalized spacial score (nSPS) is 16.2. The largest absolute Gasteiger partial charge is 0.442 e. The van der Waals surface area contributed by atoms with E-state index >= 15 is 0 Å². The van der Waals surface area contributed by atoms with E-state index in [1.54, 1.807) is 0 Å². The molecule has 1 fully saturated rings. The molecule has 32 heavy (non-hydrogen) atoms. The summed E-state index contributed by atoms with van der Waals surface area (Å²) in [6.07, 6.45) is 11.4. The zero-order chi connectivity index (χ0) is 22.4. The Kier molecular flexibility index (Phi) is 7.02. The molecule has 4 rings (SSSR count). The second-order valence-corrected chi connectivity index (χ2v) is 10.5. The number of ether oxygens (including phenoxy) is 1. The summed E-state index contributed by atoms with van der Waals surface area (Å²) >= 11 is 0. The molecule has 0 amide bonds. The molecular weight excluding hydrogens is 412 g/mol. The number of rotatable bonds is 6. The lowest BCUT2D eigenvalue weighted by atomic mass is 9.78. The lowest BCUT2D eigenvalue weighted by molar-refractivity contribution is -0.0168. The monoisotopic (exact) mass is 441 g/mol. The molecule has 0 aromatic heterocycles. The van der Waals surface area contributed by atoms with Crippen molar-refractivity contribution in [3.8, 4) is 12.3 Å². The van der Waals surface area contributed by atoms with Gasteiger partial charge in [-0.25, -0.2) is 4.79 Å². The quantitative estimate of drug-likeness (QED) is 0.236. The lowest BCUT2D eigenvalue weighted by Crippen LogP contribution is -2.39. The first-order valence-corrected chi connectivity index (χ1v) is 12.5. The van der Waals surface area contributed by atoms with Gasteiger partial charge in [-0.05, 0) is 56.2 Å². The molecule has 0 N–H and O–H groups in total. The summed E-state index contributed by atoms with van der Waals surface area (Å²) in [5.41, 5.74) is -0.322. The fraction of sp³-hybridized carbons (Fsp3) is 0.276. The van der Waals surface area contributed by atoms with Gasteiger partial charge in [-0.1, -0.05) is 67.6 Å². The van der Waals surface area contributed by atoms with Crippen molar-refractivity contribution in [2.75, 3.05) is 0 Å². The van der Waals surface area contributed by atoms with Gasteiger partial charge in [0.25, 0.3) is 0 Å². The Morgan fingerprint density at radius 1 is 0.875 bits per heavy atom. The minimum atomic E-state index is -0.867. The average Bonchev–Trinajstić information content (AvgIpc) is 2.86. The van der Waals surface area contributed by atoms with Gasteiger partial charge in [-0.2, -0.15) is 0 Å². The van der Waals surface area contributed by atoms with Crippen LogP contribution in [0.2, 0.25) is 0 Å². The molecule has 3 aromatic rings. The molecule has 1 saturated carbocycles. The highest BCUT2D eigenvalue weighted by molar-refractivity contribution is 7.97. The second kappa shape index (κ2) is 10.1. The third-order valence-electron chi connectivity index (χ3n) is 6.24. The van der Waals surface area contributed by atoms with Crippen LogP contribution in [0.1, 0.15) is 49.4 Å². The van der Waals surface area contributed by atoms with Crippen LogP contribution < -0.4 is 0 Å². The fourth-order valence-corrected chi connectivity index (χ4v) is 6.54. The maximum absolute atomic E-state index is 13.2. The molecule has 162 valence electrons. The van der Waals surface area contributed by atoms with Crippen LogP contribution in [0, 0.1) is 18.3 Å². The highest BCUT2D eigenvalue weighted by Gasteiger charge is 2.37. The van der Waals surface area contributed by atoms with E-state index in [0.29, 0.717) is 5.56 Å². The van der Waals surface area contributed by atoms with Gasteiger partial charge in [0.15, 0.2) is 20.3 Å². The van der Waals surface area contributed by atoms with Crippen molar-refractivity contribution >= 4 is 16.9 Å². The van der Waals surface area contributed by atoms with Gasteiger partial charge in [-0.3, -0.25) is 0 Å². The smallest absolute Gasteiger partial charge is 0.339 e. The Hall–Kier alpha value is -2.96. The van der Waals surface area contributed by atoms with Crippen LogP contribution in [-0.2, 0) is 15.6 Å². The summed E-state index contributed by atoms with van der Waals surface area (Å²) in [4.78, 5) is 16.7. The number of carbonyl (C=O) groups is 1. The minimum Gasteiger partial charge on any atom is -0.442 e. The standard InChI is InChI=1S/C29H29O2S/c1-3-29(2,24-15-7-4-8-16-24)31-28(30)23-14-13-21-27(22-23)32(25-17-9-5-10-18-25)26-19-11-6-12-20-26/h1,5-6,9-14,17-22,24H,4,7-8,15-16H2,2H3/q+1. The number of carbonyl (C=O) groups excluding carboxylic acids is 1. The summed E-state index contributed by atoms with van der Waals surface area (Å²) < 4.78 is 5.99. The summed E-state index contributed by atoms with van der Waals surface area (Å²) in [5, 5.41) is 0. The van der Waals surface area contributed by atoms with Crippen LogP contribution in [0.4, 0.5) is 0 Å². The Morgan fingerprint density at radius 3 is 2.00 bits per heavy atom. The first-order chi connectivity index (χ1) is 15.6. The van der Waals surface area contributed by atoms with E-state index in [2.05, 4.69) is 60.5 Å². The van der Waals surface area contributed by atoms with Crippen LogP contribution >= 0.6 is 0 Å². The van der Waals surface area contributed by atoms with Crippen molar-refractivity contribution in [2.24, 2.45) is 5.92 Å². The SMILES string of the molecule is C#CC(C)(OC(=O)c1cccc([S+](c2ccccc2)c2ccccc2)c1)C1CCCCC1. The Balaban J connectivity index is 1.64. The summed E-state index contributed by atoms with van der Waals surface area (Å²) in [5.74, 6) is 2.67. The topological polar surface area (TPSA) is 26.3 Å². The Morgan fingerprint density at radius 2 is 1.44 bits per heavy atom. The van der Waals surface area contributed by atoms with Gasteiger partial charge in [0.1, 0.15) is 0 Å². The molecule has 1 unspecified atom stereocenters. The van der Waals surface area contributed by atoms with Crippen molar-refractivity contribution in [1.29, 1.82) is 0 Å². The average molecular weight is 442 g/mol. The third kappa shape index (κ3) is 4.92.